The molecule has 0 aromatic heterocycles. The normalized spacial score (nSPS) is 10.1. The molecule has 4 heteroatoms. The predicted octanol–water partition coefficient (Wildman–Crippen LogP) is 1.49. The first-order chi connectivity index (χ1) is 9.02. The van der Waals surface area contributed by atoms with Crippen LogP contribution in [-0.4, -0.2) is 24.9 Å². The lowest BCUT2D eigenvalue weighted by Crippen LogP contribution is -2.37. The van der Waals surface area contributed by atoms with Gasteiger partial charge in [0.15, 0.2) is 0 Å². The average Bonchev–Trinajstić information content (AvgIpc) is 2.38. The molecule has 0 unspecified atom stereocenters. The first-order valence-corrected chi connectivity index (χ1v) is 6.62. The second-order valence-corrected chi connectivity index (χ2v) is 4.72. The number of rotatable bonds is 6. The number of carbonyl (C=O) groups excluding carboxylic acids is 2. The highest BCUT2D eigenvalue weighted by molar-refractivity contribution is 5.85. The van der Waals surface area contributed by atoms with Crippen LogP contribution in [0.2, 0.25) is 0 Å². The fourth-order valence-corrected chi connectivity index (χ4v) is 1.67. The number of benzene rings is 1. The summed E-state index contributed by atoms with van der Waals surface area (Å²) in [6.07, 6.45) is 1.20. The van der Waals surface area contributed by atoms with E-state index in [9.17, 15) is 9.59 Å². The molecule has 0 aliphatic rings. The Morgan fingerprint density at radius 1 is 1.05 bits per heavy atom. The Morgan fingerprint density at radius 3 is 2.42 bits per heavy atom. The largest absolute Gasteiger partial charge is 0.355 e. The third-order valence-electron chi connectivity index (χ3n) is 2.95. The van der Waals surface area contributed by atoms with E-state index in [4.69, 9.17) is 0 Å². The summed E-state index contributed by atoms with van der Waals surface area (Å²) in [7, 11) is 0. The van der Waals surface area contributed by atoms with Crippen molar-refractivity contribution in [1.29, 1.82) is 0 Å². The third kappa shape index (κ3) is 5.55. The van der Waals surface area contributed by atoms with Gasteiger partial charge in [-0.25, -0.2) is 0 Å². The average molecular weight is 262 g/mol. The molecule has 4 nitrogen and oxygen atoms in total. The van der Waals surface area contributed by atoms with Crippen molar-refractivity contribution in [3.8, 4) is 0 Å². The Balaban J connectivity index is 2.38. The monoisotopic (exact) mass is 262 g/mol. The van der Waals surface area contributed by atoms with Gasteiger partial charge >= 0.3 is 0 Å². The molecule has 104 valence electrons. The lowest BCUT2D eigenvalue weighted by atomic mass is 10.0. The van der Waals surface area contributed by atoms with Crippen molar-refractivity contribution in [2.24, 2.45) is 0 Å². The molecular formula is C15H22N2O2. The van der Waals surface area contributed by atoms with E-state index in [1.165, 1.54) is 11.1 Å². The van der Waals surface area contributed by atoms with Gasteiger partial charge in [-0.05, 0) is 37.0 Å². The summed E-state index contributed by atoms with van der Waals surface area (Å²) in [6, 6.07) is 5.96. The van der Waals surface area contributed by atoms with Gasteiger partial charge < -0.3 is 10.6 Å². The zero-order valence-corrected chi connectivity index (χ0v) is 11.9. The molecule has 1 rings (SSSR count). The Morgan fingerprint density at radius 2 is 1.79 bits per heavy atom. The standard InChI is InChI=1S/C15H22N2O2/c1-4-7-16-15(19)10-17-14(18)9-13-6-5-11(2)12(3)8-13/h5-6,8H,4,7,9-10H2,1-3H3,(H,16,19)(H,17,18). The van der Waals surface area contributed by atoms with Gasteiger partial charge in [0.2, 0.25) is 11.8 Å². The number of carbonyl (C=O) groups is 2. The number of hydrogen-bond donors (Lipinski definition) is 2. The second-order valence-electron chi connectivity index (χ2n) is 4.72. The lowest BCUT2D eigenvalue weighted by Gasteiger charge is -2.07. The summed E-state index contributed by atoms with van der Waals surface area (Å²) in [5.74, 6) is -0.273. The molecule has 2 N–H and O–H groups in total. The molecule has 0 aliphatic carbocycles. The minimum atomic E-state index is -0.143. The zero-order chi connectivity index (χ0) is 14.3. The maximum absolute atomic E-state index is 11.7. The molecule has 0 saturated heterocycles. The van der Waals surface area contributed by atoms with Crippen LogP contribution in [0.25, 0.3) is 0 Å². The molecule has 0 saturated carbocycles. The Labute approximate surface area is 114 Å². The Bertz CT molecular complexity index is 455. The molecule has 0 spiro atoms. The summed E-state index contributed by atoms with van der Waals surface area (Å²) >= 11 is 0. The summed E-state index contributed by atoms with van der Waals surface area (Å²) < 4.78 is 0. The Kier molecular flexibility index (Phi) is 6.06. The van der Waals surface area contributed by atoms with Crippen LogP contribution in [0, 0.1) is 13.8 Å². The predicted molar refractivity (Wildman–Crippen MR) is 75.9 cm³/mol. The van der Waals surface area contributed by atoms with Crippen molar-refractivity contribution in [2.45, 2.75) is 33.6 Å². The zero-order valence-electron chi connectivity index (χ0n) is 11.9. The summed E-state index contributed by atoms with van der Waals surface area (Å²) in [5, 5.41) is 5.34. The number of hydrogen-bond acceptors (Lipinski definition) is 2. The van der Waals surface area contributed by atoms with E-state index in [0.29, 0.717) is 13.0 Å². The van der Waals surface area contributed by atoms with Crippen LogP contribution in [-0.2, 0) is 16.0 Å². The number of aryl methyl sites for hydroxylation is 2. The molecule has 0 aliphatic heterocycles. The van der Waals surface area contributed by atoms with Crippen LogP contribution < -0.4 is 10.6 Å². The van der Waals surface area contributed by atoms with Crippen LogP contribution in [0.5, 0.6) is 0 Å². The highest BCUT2D eigenvalue weighted by atomic mass is 16.2. The van der Waals surface area contributed by atoms with E-state index in [1.54, 1.807) is 0 Å². The van der Waals surface area contributed by atoms with E-state index in [1.807, 2.05) is 39.0 Å². The molecule has 0 bridgehead atoms. The van der Waals surface area contributed by atoms with E-state index in [2.05, 4.69) is 10.6 Å². The molecule has 0 heterocycles. The summed E-state index contributed by atoms with van der Waals surface area (Å²) in [6.45, 7) is 6.74. The van der Waals surface area contributed by atoms with Gasteiger partial charge in [-0.15, -0.1) is 0 Å². The van der Waals surface area contributed by atoms with Crippen molar-refractivity contribution in [1.82, 2.24) is 10.6 Å². The summed E-state index contributed by atoms with van der Waals surface area (Å²) in [4.78, 5) is 23.0. The minimum absolute atomic E-state index is 0.0453. The molecule has 1 aromatic carbocycles. The maximum atomic E-state index is 11.7. The highest BCUT2D eigenvalue weighted by Gasteiger charge is 2.06. The fourth-order valence-electron chi connectivity index (χ4n) is 1.67. The highest BCUT2D eigenvalue weighted by Crippen LogP contribution is 2.10. The van der Waals surface area contributed by atoms with Crippen molar-refractivity contribution < 1.29 is 9.59 Å². The van der Waals surface area contributed by atoms with E-state index >= 15 is 0 Å². The first-order valence-electron chi connectivity index (χ1n) is 6.62. The van der Waals surface area contributed by atoms with Crippen LogP contribution >= 0.6 is 0 Å². The smallest absolute Gasteiger partial charge is 0.239 e. The Hall–Kier alpha value is -1.84. The first kappa shape index (κ1) is 15.2. The fraction of sp³-hybridized carbons (Fsp3) is 0.467. The lowest BCUT2D eigenvalue weighted by molar-refractivity contribution is -0.125. The van der Waals surface area contributed by atoms with E-state index < -0.39 is 0 Å². The van der Waals surface area contributed by atoms with Crippen LogP contribution in [0.15, 0.2) is 18.2 Å². The molecule has 19 heavy (non-hydrogen) atoms. The van der Waals surface area contributed by atoms with Crippen molar-refractivity contribution >= 4 is 11.8 Å². The van der Waals surface area contributed by atoms with Gasteiger partial charge in [-0.1, -0.05) is 25.1 Å². The van der Waals surface area contributed by atoms with Crippen LogP contribution in [0.3, 0.4) is 0 Å². The molecule has 0 radical (unpaired) electrons. The van der Waals surface area contributed by atoms with Gasteiger partial charge in [0, 0.05) is 6.54 Å². The van der Waals surface area contributed by atoms with Crippen molar-refractivity contribution in [3.05, 3.63) is 34.9 Å². The molecular weight excluding hydrogens is 240 g/mol. The number of nitrogens with one attached hydrogen (secondary N) is 2. The van der Waals surface area contributed by atoms with Gasteiger partial charge in [-0.2, -0.15) is 0 Å². The third-order valence-corrected chi connectivity index (χ3v) is 2.95. The summed E-state index contributed by atoms with van der Waals surface area (Å²) in [5.41, 5.74) is 3.35. The molecule has 0 atom stereocenters. The van der Waals surface area contributed by atoms with Gasteiger partial charge in [0.1, 0.15) is 0 Å². The van der Waals surface area contributed by atoms with E-state index in [-0.39, 0.29) is 18.4 Å². The van der Waals surface area contributed by atoms with Crippen molar-refractivity contribution in [3.63, 3.8) is 0 Å². The SMILES string of the molecule is CCCNC(=O)CNC(=O)Cc1ccc(C)c(C)c1. The maximum Gasteiger partial charge on any atom is 0.239 e. The molecule has 1 aromatic rings. The van der Waals surface area contributed by atoms with Crippen LogP contribution in [0.4, 0.5) is 0 Å². The quantitative estimate of drug-likeness (QED) is 0.816. The minimum Gasteiger partial charge on any atom is -0.355 e. The molecule has 0 fully saturated rings. The number of amides is 2. The molecule has 2 amide bonds. The van der Waals surface area contributed by atoms with Gasteiger partial charge in [0.25, 0.3) is 0 Å². The van der Waals surface area contributed by atoms with Crippen LogP contribution in [0.1, 0.15) is 30.0 Å². The van der Waals surface area contributed by atoms with Gasteiger partial charge in [-0.3, -0.25) is 9.59 Å². The topological polar surface area (TPSA) is 58.2 Å². The van der Waals surface area contributed by atoms with E-state index in [0.717, 1.165) is 12.0 Å². The van der Waals surface area contributed by atoms with Gasteiger partial charge in [0.05, 0.1) is 13.0 Å². The van der Waals surface area contributed by atoms with Crippen molar-refractivity contribution in [2.75, 3.05) is 13.1 Å². The second kappa shape index (κ2) is 7.56.